The summed E-state index contributed by atoms with van der Waals surface area (Å²) in [5, 5.41) is 0. The van der Waals surface area contributed by atoms with Crippen LogP contribution in [-0.4, -0.2) is 4.57 Å². The molecule has 1 aromatic heterocycles. The summed E-state index contributed by atoms with van der Waals surface area (Å²) in [7, 11) is 0. The fourth-order valence-corrected chi connectivity index (χ4v) is 4.05. The second kappa shape index (κ2) is 14.4. The molecule has 0 atom stereocenters. The van der Waals surface area contributed by atoms with Gasteiger partial charge >= 0.3 is 0 Å². The highest BCUT2D eigenvalue weighted by molar-refractivity contribution is 5.52. The van der Waals surface area contributed by atoms with Crippen LogP contribution in [0.25, 0.3) is 11.4 Å². The summed E-state index contributed by atoms with van der Waals surface area (Å²) < 4.78 is 4.94. The summed E-state index contributed by atoms with van der Waals surface area (Å²) in [5.74, 6) is 1.38. The number of benzene rings is 1. The molecule has 0 fully saturated rings. The molecule has 2 rings (SSSR count). The molecule has 0 N–H and O–H groups in total. The van der Waals surface area contributed by atoms with Gasteiger partial charge in [-0.1, -0.05) is 89.8 Å². The van der Waals surface area contributed by atoms with Crippen molar-refractivity contribution in [3.05, 3.63) is 42.7 Å². The zero-order chi connectivity index (χ0) is 19.9. The Bertz CT molecular complexity index is 615. The number of unbranched alkanes of at least 4 members (excludes halogenated alkanes) is 11. The fourth-order valence-electron chi connectivity index (χ4n) is 4.05. The molecule has 0 saturated heterocycles. The predicted octanol–water partition coefficient (Wildman–Crippen LogP) is 7.55. The van der Waals surface area contributed by atoms with Crippen LogP contribution in [0.2, 0.25) is 0 Å². The molecule has 0 aliphatic rings. The quantitative estimate of drug-likeness (QED) is 0.209. The molecule has 0 aliphatic carbocycles. The minimum absolute atomic E-state index is 1.13. The lowest BCUT2D eigenvalue weighted by Crippen LogP contribution is -2.34. The molecule has 156 valence electrons. The summed E-state index contributed by atoms with van der Waals surface area (Å²) in [6.07, 6.45) is 22.4. The molecule has 0 radical (unpaired) electrons. The minimum atomic E-state index is 1.13. The van der Waals surface area contributed by atoms with E-state index < -0.39 is 0 Å². The lowest BCUT2D eigenvalue weighted by atomic mass is 10.1. The number of nitrogens with zero attached hydrogens (tertiary/aromatic N) is 2. The number of imidazole rings is 1. The second-order valence-electron chi connectivity index (χ2n) is 8.26. The van der Waals surface area contributed by atoms with Crippen molar-refractivity contribution >= 4 is 0 Å². The maximum Gasteiger partial charge on any atom is 0.288 e. The van der Waals surface area contributed by atoms with Crippen molar-refractivity contribution in [2.24, 2.45) is 0 Å². The highest BCUT2D eigenvalue weighted by Crippen LogP contribution is 2.18. The van der Waals surface area contributed by atoms with E-state index in [0.717, 1.165) is 13.1 Å². The largest absolute Gasteiger partial charge is 0.288 e. The third-order valence-electron chi connectivity index (χ3n) is 5.76. The maximum absolute atomic E-state index is 2.48. The normalized spacial score (nSPS) is 11.2. The van der Waals surface area contributed by atoms with Gasteiger partial charge in [0.25, 0.3) is 5.82 Å². The van der Waals surface area contributed by atoms with Gasteiger partial charge in [0.15, 0.2) is 0 Å². The first-order valence-corrected chi connectivity index (χ1v) is 12.0. The van der Waals surface area contributed by atoms with E-state index in [-0.39, 0.29) is 0 Å². The average Bonchev–Trinajstić information content (AvgIpc) is 3.13. The van der Waals surface area contributed by atoms with E-state index >= 15 is 0 Å². The van der Waals surface area contributed by atoms with Crippen LogP contribution in [0.3, 0.4) is 0 Å². The third-order valence-corrected chi connectivity index (χ3v) is 5.76. The SMILES string of the molecule is CCCCCCCCCCCCn1cc[n+](CCCCC)c1-c1ccccc1. The summed E-state index contributed by atoms with van der Waals surface area (Å²) in [5.41, 5.74) is 1.34. The van der Waals surface area contributed by atoms with E-state index in [1.165, 1.54) is 94.9 Å². The van der Waals surface area contributed by atoms with Crippen LogP contribution in [0.15, 0.2) is 42.7 Å². The molecule has 0 bridgehead atoms. The highest BCUT2D eigenvalue weighted by atomic mass is 15.1. The summed E-state index contributed by atoms with van der Waals surface area (Å²) >= 11 is 0. The maximum atomic E-state index is 2.48. The van der Waals surface area contributed by atoms with Gasteiger partial charge in [-0.2, -0.15) is 0 Å². The molecule has 1 aromatic carbocycles. The third kappa shape index (κ3) is 8.20. The molecule has 2 nitrogen and oxygen atoms in total. The molecule has 2 heteroatoms. The molecule has 2 aromatic rings. The Labute approximate surface area is 174 Å². The van der Waals surface area contributed by atoms with E-state index in [9.17, 15) is 0 Å². The fraction of sp³-hybridized carbons (Fsp3) is 0.654. The molecule has 0 saturated carbocycles. The van der Waals surface area contributed by atoms with Crippen molar-refractivity contribution in [1.29, 1.82) is 0 Å². The average molecular weight is 384 g/mol. The predicted molar refractivity (Wildman–Crippen MR) is 121 cm³/mol. The van der Waals surface area contributed by atoms with Crippen molar-refractivity contribution in [2.75, 3.05) is 0 Å². The van der Waals surface area contributed by atoms with Gasteiger partial charge in [-0.3, -0.25) is 0 Å². The lowest BCUT2D eigenvalue weighted by molar-refractivity contribution is -0.686. The van der Waals surface area contributed by atoms with E-state index in [0.29, 0.717) is 0 Å². The number of aryl methyl sites for hydroxylation is 2. The summed E-state index contributed by atoms with van der Waals surface area (Å²) in [4.78, 5) is 0. The van der Waals surface area contributed by atoms with Crippen molar-refractivity contribution in [3.63, 3.8) is 0 Å². The smallest absolute Gasteiger partial charge is 0.230 e. The summed E-state index contributed by atoms with van der Waals surface area (Å²) in [6.45, 7) is 6.84. The van der Waals surface area contributed by atoms with Crippen molar-refractivity contribution in [2.45, 2.75) is 110 Å². The zero-order valence-corrected chi connectivity index (χ0v) is 18.5. The Balaban J connectivity index is 1.78. The van der Waals surface area contributed by atoms with E-state index in [1.807, 2.05) is 0 Å². The molecule has 0 aliphatic heterocycles. The topological polar surface area (TPSA) is 8.81 Å². The molecule has 0 spiro atoms. The zero-order valence-electron chi connectivity index (χ0n) is 18.5. The van der Waals surface area contributed by atoms with Crippen LogP contribution >= 0.6 is 0 Å². The first-order chi connectivity index (χ1) is 13.9. The van der Waals surface area contributed by atoms with Gasteiger partial charge in [0.2, 0.25) is 0 Å². The van der Waals surface area contributed by atoms with Crippen LogP contribution in [0.1, 0.15) is 97.3 Å². The van der Waals surface area contributed by atoms with Crippen LogP contribution in [0.5, 0.6) is 0 Å². The van der Waals surface area contributed by atoms with Crippen molar-refractivity contribution in [1.82, 2.24) is 4.57 Å². The Kier molecular flexibility index (Phi) is 11.7. The van der Waals surface area contributed by atoms with Gasteiger partial charge in [-0.05, 0) is 37.8 Å². The molecule has 1 heterocycles. The van der Waals surface area contributed by atoms with Gasteiger partial charge in [0, 0.05) is 0 Å². The Morgan fingerprint density at radius 3 is 1.89 bits per heavy atom. The highest BCUT2D eigenvalue weighted by Gasteiger charge is 2.18. The minimum Gasteiger partial charge on any atom is -0.230 e. The van der Waals surface area contributed by atoms with Crippen molar-refractivity contribution < 1.29 is 4.57 Å². The van der Waals surface area contributed by atoms with Gasteiger partial charge in [-0.15, -0.1) is 0 Å². The number of hydrogen-bond acceptors (Lipinski definition) is 0. The van der Waals surface area contributed by atoms with Crippen LogP contribution in [0, 0.1) is 0 Å². The number of rotatable bonds is 16. The van der Waals surface area contributed by atoms with Crippen LogP contribution in [-0.2, 0) is 13.1 Å². The van der Waals surface area contributed by atoms with Gasteiger partial charge < -0.3 is 0 Å². The van der Waals surface area contributed by atoms with Gasteiger partial charge in [0.1, 0.15) is 12.4 Å². The molecular formula is C26H43N2+. The van der Waals surface area contributed by atoms with E-state index in [1.54, 1.807) is 0 Å². The second-order valence-corrected chi connectivity index (χ2v) is 8.26. The number of hydrogen-bond donors (Lipinski definition) is 0. The first kappa shape index (κ1) is 22.7. The molecule has 28 heavy (non-hydrogen) atoms. The monoisotopic (exact) mass is 383 g/mol. The van der Waals surface area contributed by atoms with Crippen molar-refractivity contribution in [3.8, 4) is 11.4 Å². The van der Waals surface area contributed by atoms with Gasteiger partial charge in [-0.25, -0.2) is 9.13 Å². The summed E-state index contributed by atoms with van der Waals surface area (Å²) in [6, 6.07) is 10.9. The van der Waals surface area contributed by atoms with E-state index in [2.05, 4.69) is 65.7 Å². The Morgan fingerprint density at radius 2 is 1.25 bits per heavy atom. The molecular weight excluding hydrogens is 340 g/mol. The molecule has 0 amide bonds. The van der Waals surface area contributed by atoms with Crippen LogP contribution in [0.4, 0.5) is 0 Å². The van der Waals surface area contributed by atoms with Crippen LogP contribution < -0.4 is 4.57 Å². The standard InChI is InChI=1S/C26H43N2/c1-3-5-7-8-9-10-11-12-13-18-22-28-24-23-27(21-17-6-4-2)26(28)25-19-15-14-16-20-25/h14-16,19-20,23-24H,3-13,17-18,21-22H2,1-2H3/q+1. The first-order valence-electron chi connectivity index (χ1n) is 12.0. The number of aromatic nitrogens is 2. The van der Waals surface area contributed by atoms with Gasteiger partial charge in [0.05, 0.1) is 18.7 Å². The van der Waals surface area contributed by atoms with E-state index in [4.69, 9.17) is 0 Å². The lowest BCUT2D eigenvalue weighted by Gasteiger charge is -2.06. The molecule has 0 unspecified atom stereocenters. The Hall–Kier alpha value is -1.57. The Morgan fingerprint density at radius 1 is 0.679 bits per heavy atom.